The van der Waals surface area contributed by atoms with Crippen LogP contribution in [0.2, 0.25) is 0 Å². The first-order chi connectivity index (χ1) is 9.26. The van der Waals surface area contributed by atoms with E-state index in [0.29, 0.717) is 16.9 Å². The van der Waals surface area contributed by atoms with Crippen LogP contribution in [0.25, 0.3) is 11.0 Å². The van der Waals surface area contributed by atoms with Crippen molar-refractivity contribution in [3.8, 4) is 0 Å². The van der Waals surface area contributed by atoms with Gasteiger partial charge in [0.25, 0.3) is 0 Å². The smallest absolute Gasteiger partial charge is 0.311 e. The van der Waals surface area contributed by atoms with Gasteiger partial charge in [-0.2, -0.15) is 13.2 Å². The lowest BCUT2D eigenvalue weighted by Gasteiger charge is -2.24. The Morgan fingerprint density at radius 2 is 2.00 bits per heavy atom. The molecule has 0 spiro atoms. The third kappa shape index (κ3) is 1.83. The normalized spacial score (nSPS) is 19.3. The molecule has 1 aliphatic carbocycles. The molecule has 1 saturated carbocycles. The fraction of sp³-hybridized carbons (Fsp3) is 0.500. The van der Waals surface area contributed by atoms with E-state index in [1.54, 1.807) is 25.1 Å². The second-order valence-electron chi connectivity index (χ2n) is 5.44. The zero-order valence-corrected chi connectivity index (χ0v) is 11.9. The molecule has 0 amide bonds. The number of halogens is 4. The van der Waals surface area contributed by atoms with E-state index in [-0.39, 0.29) is 12.8 Å². The van der Waals surface area contributed by atoms with Crippen molar-refractivity contribution in [1.29, 1.82) is 0 Å². The van der Waals surface area contributed by atoms with Gasteiger partial charge in [0.1, 0.15) is 11.4 Å². The Balaban J connectivity index is 2.31. The van der Waals surface area contributed by atoms with E-state index in [0.717, 1.165) is 5.56 Å². The maximum Gasteiger partial charge on any atom is 0.412 e. The standard InChI is InChI=1S/C14H14ClF3N2/c1-8-3-4-11-10(7-8)19-12(9(2)15)20(11)13(5-6-13)14(16,17)18/h3-4,7,9H,5-6H2,1-2H3. The molecule has 108 valence electrons. The van der Waals surface area contributed by atoms with Gasteiger partial charge in [-0.3, -0.25) is 0 Å². The summed E-state index contributed by atoms with van der Waals surface area (Å²) in [5.41, 5.74) is 0.221. The molecule has 2 aromatic rings. The van der Waals surface area contributed by atoms with Gasteiger partial charge in [0.05, 0.1) is 16.4 Å². The van der Waals surface area contributed by atoms with Crippen molar-refractivity contribution in [2.24, 2.45) is 0 Å². The van der Waals surface area contributed by atoms with Crippen LogP contribution < -0.4 is 0 Å². The topological polar surface area (TPSA) is 17.8 Å². The van der Waals surface area contributed by atoms with Crippen LogP contribution in [0.5, 0.6) is 0 Å². The monoisotopic (exact) mass is 302 g/mol. The van der Waals surface area contributed by atoms with Crippen LogP contribution in [0.4, 0.5) is 13.2 Å². The molecule has 6 heteroatoms. The van der Waals surface area contributed by atoms with Crippen molar-refractivity contribution in [3.63, 3.8) is 0 Å². The molecule has 1 aromatic carbocycles. The Labute approximate surface area is 119 Å². The Morgan fingerprint density at radius 1 is 1.35 bits per heavy atom. The summed E-state index contributed by atoms with van der Waals surface area (Å²) in [6.07, 6.45) is -4.11. The van der Waals surface area contributed by atoms with Gasteiger partial charge in [0.15, 0.2) is 0 Å². The summed E-state index contributed by atoms with van der Waals surface area (Å²) < 4.78 is 41.6. The number of benzene rings is 1. The van der Waals surface area contributed by atoms with Gasteiger partial charge in [-0.05, 0) is 44.4 Å². The molecule has 0 N–H and O–H groups in total. The van der Waals surface area contributed by atoms with E-state index in [4.69, 9.17) is 11.6 Å². The average Bonchev–Trinajstić information content (AvgIpc) is 3.05. The third-order valence-electron chi connectivity index (χ3n) is 3.87. The Morgan fingerprint density at radius 3 is 2.50 bits per heavy atom. The Bertz CT molecular complexity index is 669. The lowest BCUT2D eigenvalue weighted by atomic mass is 10.2. The highest BCUT2D eigenvalue weighted by Crippen LogP contribution is 2.57. The minimum absolute atomic E-state index is 0.0897. The van der Waals surface area contributed by atoms with Crippen LogP contribution >= 0.6 is 11.6 Å². The first-order valence-electron chi connectivity index (χ1n) is 6.46. The van der Waals surface area contributed by atoms with Crippen molar-refractivity contribution in [2.75, 3.05) is 0 Å². The molecule has 1 atom stereocenters. The van der Waals surface area contributed by atoms with Crippen LogP contribution in [0.3, 0.4) is 0 Å². The Kier molecular flexibility index (Phi) is 2.84. The fourth-order valence-corrected chi connectivity index (χ4v) is 2.82. The predicted molar refractivity (Wildman–Crippen MR) is 72.0 cm³/mol. The highest BCUT2D eigenvalue weighted by Gasteiger charge is 2.66. The van der Waals surface area contributed by atoms with Gasteiger partial charge in [-0.15, -0.1) is 11.6 Å². The zero-order valence-electron chi connectivity index (χ0n) is 11.1. The number of hydrogen-bond acceptors (Lipinski definition) is 1. The van der Waals surface area contributed by atoms with Crippen LogP contribution in [-0.2, 0) is 5.54 Å². The van der Waals surface area contributed by atoms with Crippen LogP contribution in [0.15, 0.2) is 18.2 Å². The minimum Gasteiger partial charge on any atom is -0.311 e. The van der Waals surface area contributed by atoms with Crippen molar-refractivity contribution in [1.82, 2.24) is 9.55 Å². The minimum atomic E-state index is -4.29. The molecule has 1 aliphatic rings. The number of imidazole rings is 1. The Hall–Kier alpha value is -1.23. The van der Waals surface area contributed by atoms with E-state index in [2.05, 4.69) is 4.98 Å². The highest BCUT2D eigenvalue weighted by molar-refractivity contribution is 6.20. The van der Waals surface area contributed by atoms with Crippen molar-refractivity contribution >= 4 is 22.6 Å². The highest BCUT2D eigenvalue weighted by atomic mass is 35.5. The van der Waals surface area contributed by atoms with Gasteiger partial charge < -0.3 is 4.57 Å². The fourth-order valence-electron chi connectivity index (χ4n) is 2.68. The molecule has 0 aliphatic heterocycles. The summed E-state index contributed by atoms with van der Waals surface area (Å²) >= 11 is 6.05. The van der Waals surface area contributed by atoms with Gasteiger partial charge >= 0.3 is 6.18 Å². The van der Waals surface area contributed by atoms with Crippen LogP contribution in [0.1, 0.15) is 36.5 Å². The van der Waals surface area contributed by atoms with E-state index >= 15 is 0 Å². The first kappa shape index (κ1) is 13.7. The number of rotatable bonds is 2. The molecule has 1 unspecified atom stereocenters. The number of fused-ring (bicyclic) bond motifs is 1. The van der Waals surface area contributed by atoms with E-state index < -0.39 is 17.1 Å². The quantitative estimate of drug-likeness (QED) is 0.736. The maximum atomic E-state index is 13.4. The van der Waals surface area contributed by atoms with Gasteiger partial charge in [-0.1, -0.05) is 6.07 Å². The zero-order chi connectivity index (χ0) is 14.7. The summed E-state index contributed by atoms with van der Waals surface area (Å²) in [5, 5.41) is -0.567. The van der Waals surface area contributed by atoms with E-state index in [1.807, 2.05) is 6.92 Å². The number of nitrogens with zero attached hydrogens (tertiary/aromatic N) is 2. The van der Waals surface area contributed by atoms with Gasteiger partial charge in [0, 0.05) is 0 Å². The predicted octanol–water partition coefficient (Wildman–Crippen LogP) is 4.70. The molecular formula is C14H14ClF3N2. The van der Waals surface area contributed by atoms with Crippen molar-refractivity contribution in [2.45, 2.75) is 43.8 Å². The molecular weight excluding hydrogens is 289 g/mol. The van der Waals surface area contributed by atoms with E-state index in [9.17, 15) is 13.2 Å². The summed E-state index contributed by atoms with van der Waals surface area (Å²) in [7, 11) is 0. The summed E-state index contributed by atoms with van der Waals surface area (Å²) in [6, 6.07) is 5.29. The number of aryl methyl sites for hydroxylation is 1. The second-order valence-corrected chi connectivity index (χ2v) is 6.10. The maximum absolute atomic E-state index is 13.4. The van der Waals surface area contributed by atoms with Crippen LogP contribution in [0, 0.1) is 6.92 Å². The van der Waals surface area contributed by atoms with E-state index in [1.165, 1.54) is 4.57 Å². The van der Waals surface area contributed by atoms with Gasteiger partial charge in [0.2, 0.25) is 0 Å². The molecule has 0 radical (unpaired) electrons. The lowest BCUT2D eigenvalue weighted by Crippen LogP contribution is -2.36. The van der Waals surface area contributed by atoms with Gasteiger partial charge in [-0.25, -0.2) is 4.98 Å². The molecule has 0 bridgehead atoms. The van der Waals surface area contributed by atoms with Crippen molar-refractivity contribution in [3.05, 3.63) is 29.6 Å². The number of alkyl halides is 4. The molecule has 3 rings (SSSR count). The molecule has 1 fully saturated rings. The number of aromatic nitrogens is 2. The molecule has 2 nitrogen and oxygen atoms in total. The summed E-state index contributed by atoms with van der Waals surface area (Å²) in [6.45, 7) is 3.54. The summed E-state index contributed by atoms with van der Waals surface area (Å²) in [4.78, 5) is 4.32. The SMILES string of the molecule is Cc1ccc2c(c1)nc(C(C)Cl)n2C1(C(F)(F)F)CC1. The average molecular weight is 303 g/mol. The molecule has 1 aromatic heterocycles. The summed E-state index contributed by atoms with van der Waals surface area (Å²) in [5.74, 6) is 0.294. The second kappa shape index (κ2) is 4.13. The first-order valence-corrected chi connectivity index (χ1v) is 6.90. The van der Waals surface area contributed by atoms with Crippen LogP contribution in [-0.4, -0.2) is 15.7 Å². The number of hydrogen-bond donors (Lipinski definition) is 0. The lowest BCUT2D eigenvalue weighted by molar-refractivity contribution is -0.179. The van der Waals surface area contributed by atoms with Crippen molar-refractivity contribution < 1.29 is 13.2 Å². The molecule has 1 heterocycles. The largest absolute Gasteiger partial charge is 0.412 e. The molecule has 20 heavy (non-hydrogen) atoms. The molecule has 0 saturated heterocycles. The third-order valence-corrected chi connectivity index (χ3v) is 4.07.